The maximum Gasteiger partial charge on any atom is 0.387 e. The van der Waals surface area contributed by atoms with Gasteiger partial charge in [0.15, 0.2) is 5.75 Å². The van der Waals surface area contributed by atoms with Crippen molar-refractivity contribution in [2.24, 2.45) is 5.92 Å². The van der Waals surface area contributed by atoms with Crippen LogP contribution in [0.3, 0.4) is 0 Å². The molecular formula is C28H33ClF2N4O8S2. The predicted molar refractivity (Wildman–Crippen MR) is 161 cm³/mol. The number of hydrogen-bond acceptors (Lipinski definition) is 9. The van der Waals surface area contributed by atoms with Gasteiger partial charge in [-0.25, -0.2) is 8.42 Å². The number of para-hydroxylation sites is 1. The Morgan fingerprint density at radius 2 is 1.84 bits per heavy atom. The van der Waals surface area contributed by atoms with Crippen molar-refractivity contribution in [1.82, 2.24) is 14.9 Å². The summed E-state index contributed by atoms with van der Waals surface area (Å²) in [6.07, 6.45) is 1.89. The Balaban J connectivity index is 1.62. The van der Waals surface area contributed by atoms with Crippen molar-refractivity contribution in [2.45, 2.75) is 56.6 Å². The highest BCUT2D eigenvalue weighted by Crippen LogP contribution is 2.38. The molecule has 2 aromatic rings. The number of nitrogens with zero attached hydrogens (tertiary/aromatic N) is 2. The van der Waals surface area contributed by atoms with Gasteiger partial charge in [0.2, 0.25) is 21.8 Å². The monoisotopic (exact) mass is 690 g/mol. The number of hydrogen-bond donors (Lipinski definition) is 2. The Morgan fingerprint density at radius 3 is 2.47 bits per heavy atom. The molecule has 1 unspecified atom stereocenters. The molecule has 0 radical (unpaired) electrons. The smallest absolute Gasteiger partial charge is 0.387 e. The number of amides is 3. The van der Waals surface area contributed by atoms with Gasteiger partial charge in [-0.05, 0) is 56.9 Å². The van der Waals surface area contributed by atoms with Crippen molar-refractivity contribution in [1.29, 1.82) is 0 Å². The molecule has 0 spiro atoms. The van der Waals surface area contributed by atoms with Gasteiger partial charge in [-0.15, -0.1) is 11.3 Å². The standard InChI is InChI=1S/C28H33ClF2N4O8S2/c1-2-42-27(39)17-11-14-34(15-12-17)26(38)18(16-32-25(37)20-9-10-22(29)44-20)33-45(40,41)21-7-5-6-19(24(21)43-28(30)31)35-13-4-3-8-23(35)36/h5-7,9-10,17-18,28,33H,2-4,8,11-16H2,1H3,(H,32,37). The third kappa shape index (κ3) is 8.68. The van der Waals surface area contributed by atoms with E-state index < -0.39 is 57.6 Å². The molecule has 12 nitrogen and oxygen atoms in total. The zero-order valence-electron chi connectivity index (χ0n) is 24.3. The molecule has 3 amide bonds. The first-order chi connectivity index (χ1) is 21.4. The maximum atomic E-state index is 13.8. The Hall–Kier alpha value is -3.34. The molecule has 246 valence electrons. The molecule has 2 N–H and O–H groups in total. The van der Waals surface area contributed by atoms with E-state index >= 15 is 0 Å². The van der Waals surface area contributed by atoms with Gasteiger partial charge >= 0.3 is 12.6 Å². The van der Waals surface area contributed by atoms with Gasteiger partial charge in [-0.1, -0.05) is 17.7 Å². The van der Waals surface area contributed by atoms with Crippen LogP contribution in [0, 0.1) is 5.92 Å². The highest BCUT2D eigenvalue weighted by atomic mass is 35.5. The van der Waals surface area contributed by atoms with Gasteiger partial charge < -0.3 is 24.6 Å². The minimum atomic E-state index is -4.78. The number of esters is 1. The molecule has 0 aliphatic carbocycles. The first-order valence-electron chi connectivity index (χ1n) is 14.3. The summed E-state index contributed by atoms with van der Waals surface area (Å²) in [7, 11) is -4.78. The number of likely N-dealkylation sites (tertiary alicyclic amines) is 1. The quantitative estimate of drug-likeness (QED) is 0.322. The highest BCUT2D eigenvalue weighted by Gasteiger charge is 2.36. The van der Waals surface area contributed by atoms with Crippen molar-refractivity contribution in [2.75, 3.05) is 37.7 Å². The fourth-order valence-corrected chi connectivity index (χ4v) is 7.46. The van der Waals surface area contributed by atoms with Gasteiger partial charge in [0.25, 0.3) is 5.91 Å². The fraction of sp³-hybridized carbons (Fsp3) is 0.500. The van der Waals surface area contributed by atoms with E-state index in [1.807, 2.05) is 0 Å². The molecule has 17 heteroatoms. The van der Waals surface area contributed by atoms with E-state index in [9.17, 15) is 36.4 Å². The summed E-state index contributed by atoms with van der Waals surface area (Å²) < 4.78 is 67.1. The second-order valence-electron chi connectivity index (χ2n) is 10.3. The second kappa shape index (κ2) is 15.3. The Labute approximate surface area is 268 Å². The van der Waals surface area contributed by atoms with Gasteiger partial charge in [0.05, 0.1) is 27.4 Å². The number of ether oxygens (including phenoxy) is 2. The predicted octanol–water partition coefficient (Wildman–Crippen LogP) is 3.40. The lowest BCUT2D eigenvalue weighted by atomic mass is 9.96. The molecule has 1 aromatic heterocycles. The van der Waals surface area contributed by atoms with E-state index in [0.717, 1.165) is 17.4 Å². The first kappa shape index (κ1) is 34.5. The third-order valence-electron chi connectivity index (χ3n) is 7.35. The van der Waals surface area contributed by atoms with Gasteiger partial charge in [-0.2, -0.15) is 13.5 Å². The molecule has 2 saturated heterocycles. The maximum absolute atomic E-state index is 13.8. The van der Waals surface area contributed by atoms with Crippen LogP contribution in [-0.2, 0) is 29.1 Å². The topological polar surface area (TPSA) is 151 Å². The lowest BCUT2D eigenvalue weighted by Gasteiger charge is -2.33. The van der Waals surface area contributed by atoms with E-state index in [1.54, 1.807) is 6.92 Å². The van der Waals surface area contributed by atoms with Crippen molar-refractivity contribution < 1.29 is 45.9 Å². The second-order valence-corrected chi connectivity index (χ2v) is 13.7. The first-order valence-corrected chi connectivity index (χ1v) is 17.0. The van der Waals surface area contributed by atoms with Crippen molar-refractivity contribution >= 4 is 62.3 Å². The lowest BCUT2D eigenvalue weighted by molar-refractivity contribution is -0.151. The average Bonchev–Trinajstić information content (AvgIpc) is 3.45. The number of halogens is 3. The molecule has 2 fully saturated rings. The Kier molecular flexibility index (Phi) is 11.7. The average molecular weight is 691 g/mol. The molecule has 0 saturated carbocycles. The highest BCUT2D eigenvalue weighted by molar-refractivity contribution is 7.89. The van der Waals surface area contributed by atoms with Crippen LogP contribution in [0.4, 0.5) is 14.5 Å². The van der Waals surface area contributed by atoms with Crippen LogP contribution in [-0.4, -0.2) is 82.4 Å². The number of alkyl halides is 2. The number of thiophene rings is 1. The van der Waals surface area contributed by atoms with Gasteiger partial charge in [-0.3, -0.25) is 19.2 Å². The van der Waals surface area contributed by atoms with Crippen LogP contribution < -0.4 is 19.7 Å². The summed E-state index contributed by atoms with van der Waals surface area (Å²) in [5.74, 6) is -3.25. The largest absolute Gasteiger partial charge is 0.466 e. The number of nitrogens with one attached hydrogen (secondary N) is 2. The van der Waals surface area contributed by atoms with Crippen molar-refractivity contribution in [3.8, 4) is 5.75 Å². The summed E-state index contributed by atoms with van der Waals surface area (Å²) in [6, 6.07) is 5.01. The van der Waals surface area contributed by atoms with Crippen LogP contribution in [0.1, 0.15) is 48.7 Å². The van der Waals surface area contributed by atoms with Gasteiger partial charge in [0, 0.05) is 32.6 Å². The minimum Gasteiger partial charge on any atom is -0.466 e. The summed E-state index contributed by atoms with van der Waals surface area (Å²) >= 11 is 6.90. The minimum absolute atomic E-state index is 0.112. The fourth-order valence-electron chi connectivity index (χ4n) is 5.16. The number of carbonyl (C=O) groups excluding carboxylic acids is 4. The summed E-state index contributed by atoms with van der Waals surface area (Å²) in [5.41, 5.74) is -0.144. The van der Waals surface area contributed by atoms with E-state index in [4.69, 9.17) is 16.3 Å². The number of benzene rings is 1. The number of anilines is 1. The molecule has 1 aromatic carbocycles. The van der Waals surface area contributed by atoms with E-state index in [0.29, 0.717) is 17.2 Å². The lowest BCUT2D eigenvalue weighted by Crippen LogP contribution is -2.55. The van der Waals surface area contributed by atoms with Crippen LogP contribution in [0.2, 0.25) is 4.34 Å². The Morgan fingerprint density at radius 1 is 1.11 bits per heavy atom. The van der Waals surface area contributed by atoms with E-state index in [1.165, 1.54) is 34.1 Å². The summed E-state index contributed by atoms with van der Waals surface area (Å²) in [5, 5.41) is 2.53. The summed E-state index contributed by atoms with van der Waals surface area (Å²) in [4.78, 5) is 53.3. The molecule has 2 aliphatic rings. The number of piperidine rings is 2. The van der Waals surface area contributed by atoms with Crippen LogP contribution >= 0.6 is 22.9 Å². The van der Waals surface area contributed by atoms with Crippen molar-refractivity contribution in [3.63, 3.8) is 0 Å². The molecule has 4 rings (SSSR count). The summed E-state index contributed by atoms with van der Waals surface area (Å²) in [6.45, 7) is -1.63. The van der Waals surface area contributed by atoms with Crippen LogP contribution in [0.5, 0.6) is 5.75 Å². The molecule has 3 heterocycles. The third-order valence-corrected chi connectivity index (χ3v) is 10.1. The number of carbonyl (C=O) groups is 4. The van der Waals surface area contributed by atoms with Crippen LogP contribution in [0.15, 0.2) is 35.2 Å². The van der Waals surface area contributed by atoms with E-state index in [2.05, 4.69) is 14.8 Å². The van der Waals surface area contributed by atoms with Gasteiger partial charge in [0.1, 0.15) is 10.9 Å². The molecule has 2 aliphatic heterocycles. The number of rotatable bonds is 12. The normalized spacial score (nSPS) is 16.9. The molecule has 0 bridgehead atoms. The zero-order valence-corrected chi connectivity index (χ0v) is 26.7. The SMILES string of the molecule is CCOC(=O)C1CCN(C(=O)C(CNC(=O)c2ccc(Cl)s2)NS(=O)(=O)c2cccc(N3CCCCC3=O)c2OC(F)F)CC1. The molecular weight excluding hydrogens is 658 g/mol. The number of sulfonamides is 1. The molecule has 1 atom stereocenters. The molecule has 45 heavy (non-hydrogen) atoms. The van der Waals surface area contributed by atoms with E-state index in [-0.39, 0.29) is 67.9 Å². The Bertz CT molecular complexity index is 1520. The van der Waals surface area contributed by atoms with Crippen LogP contribution in [0.25, 0.3) is 0 Å². The zero-order chi connectivity index (χ0) is 32.7. The van der Waals surface area contributed by atoms with Crippen molar-refractivity contribution in [3.05, 3.63) is 39.5 Å².